The topological polar surface area (TPSA) is 252 Å². The number of aromatic carboxylic acids is 1. The molecular weight excluding hydrogens is 1040 g/mol. The second kappa shape index (κ2) is 25.6. The van der Waals surface area contributed by atoms with Gasteiger partial charge in [0.15, 0.2) is 11.6 Å². The number of morpholine rings is 2. The predicted molar refractivity (Wildman–Crippen MR) is 309 cm³/mol. The van der Waals surface area contributed by atoms with E-state index in [4.69, 9.17) is 34.9 Å². The minimum atomic E-state index is -1.01. The van der Waals surface area contributed by atoms with E-state index < -0.39 is 5.97 Å². The fourth-order valence-electron chi connectivity index (χ4n) is 10.2. The molecule has 0 spiro atoms. The number of carboxylic acids is 1. The van der Waals surface area contributed by atoms with E-state index in [1.54, 1.807) is 61.1 Å². The lowest BCUT2D eigenvalue weighted by Gasteiger charge is -2.32. The zero-order valence-corrected chi connectivity index (χ0v) is 45.3. The van der Waals surface area contributed by atoms with Crippen LogP contribution in [0.3, 0.4) is 0 Å². The Morgan fingerprint density at radius 3 is 1.49 bits per heavy atom. The van der Waals surface area contributed by atoms with E-state index >= 15 is 0 Å². The number of hydrogen-bond acceptors (Lipinski definition) is 15. The van der Waals surface area contributed by atoms with Gasteiger partial charge in [0.2, 0.25) is 0 Å². The molecular formula is C62H63ClN8O9. The van der Waals surface area contributed by atoms with Crippen molar-refractivity contribution >= 4 is 81.6 Å². The number of ketones is 2. The Balaban J connectivity index is 0.000000170. The van der Waals surface area contributed by atoms with Crippen molar-refractivity contribution in [1.82, 2.24) is 30.2 Å². The van der Waals surface area contributed by atoms with Gasteiger partial charge in [0, 0.05) is 98.5 Å². The first-order chi connectivity index (χ1) is 38.2. The molecule has 4 aliphatic heterocycles. The lowest BCUT2D eigenvalue weighted by Crippen LogP contribution is -2.45. The molecule has 0 saturated carbocycles. The highest BCUT2D eigenvalue weighted by Gasteiger charge is 2.36. The Labute approximate surface area is 468 Å². The summed E-state index contributed by atoms with van der Waals surface area (Å²) in [5, 5.41) is 14.2. The van der Waals surface area contributed by atoms with Gasteiger partial charge in [-0.1, -0.05) is 0 Å². The summed E-state index contributed by atoms with van der Waals surface area (Å²) in [5.41, 5.74) is 20.3. The van der Waals surface area contributed by atoms with Gasteiger partial charge in [-0.2, -0.15) is 0 Å². The summed E-state index contributed by atoms with van der Waals surface area (Å²) in [5.74, 6) is 1.36. The summed E-state index contributed by atoms with van der Waals surface area (Å²) in [6, 6.07) is 25.9. The largest absolute Gasteiger partial charge is 0.478 e. The number of nitrogens with one attached hydrogen (secondary N) is 1. The summed E-state index contributed by atoms with van der Waals surface area (Å²) in [4.78, 5) is 67.4. The lowest BCUT2D eigenvalue weighted by molar-refractivity contribution is -0.115. The third-order valence-electron chi connectivity index (χ3n) is 14.4. The number of nitrogens with zero attached hydrogens (tertiary/aromatic N) is 5. The van der Waals surface area contributed by atoms with Crippen LogP contribution in [-0.2, 0) is 31.9 Å². The van der Waals surface area contributed by atoms with Gasteiger partial charge < -0.3 is 45.1 Å². The van der Waals surface area contributed by atoms with Crippen molar-refractivity contribution in [3.8, 4) is 22.5 Å². The number of likely N-dealkylation sites (tertiary alicyclic amines) is 1. The molecule has 6 aromatic heterocycles. The van der Waals surface area contributed by atoms with Gasteiger partial charge in [0.05, 0.1) is 46.9 Å². The average molecular weight is 1100 g/mol. The molecule has 6 N–H and O–H groups in total. The van der Waals surface area contributed by atoms with Gasteiger partial charge in [-0.15, -0.1) is 12.4 Å². The molecule has 4 saturated heterocycles. The molecule has 10 heterocycles. The third kappa shape index (κ3) is 14.3. The predicted octanol–water partition coefficient (Wildman–Crippen LogP) is 10.3. The Morgan fingerprint density at radius 1 is 0.600 bits per heavy atom. The molecule has 2 aromatic carbocycles. The van der Waals surface area contributed by atoms with E-state index in [0.29, 0.717) is 73.9 Å². The molecule has 4 fully saturated rings. The van der Waals surface area contributed by atoms with Gasteiger partial charge in [-0.25, -0.2) is 14.8 Å². The number of furan rings is 2. The molecule has 17 nitrogen and oxygen atoms in total. The van der Waals surface area contributed by atoms with Crippen molar-refractivity contribution in [2.75, 3.05) is 37.6 Å². The van der Waals surface area contributed by atoms with Gasteiger partial charge in [-0.3, -0.25) is 24.4 Å². The number of amides is 1. The molecule has 412 valence electrons. The van der Waals surface area contributed by atoms with Gasteiger partial charge >= 0.3 is 5.97 Å². The summed E-state index contributed by atoms with van der Waals surface area (Å²) in [6.45, 7) is 7.40. The van der Waals surface area contributed by atoms with E-state index in [2.05, 4.69) is 25.3 Å². The Bertz CT molecular complexity index is 3530. The minimum Gasteiger partial charge on any atom is -0.478 e. The van der Waals surface area contributed by atoms with Crippen LogP contribution in [0.25, 0.3) is 56.6 Å². The zero-order chi connectivity index (χ0) is 55.0. The number of halogens is 1. The van der Waals surface area contributed by atoms with Gasteiger partial charge in [0.25, 0.3) is 5.91 Å². The van der Waals surface area contributed by atoms with E-state index in [-0.39, 0.29) is 47.7 Å². The summed E-state index contributed by atoms with van der Waals surface area (Å²) < 4.78 is 23.4. The maximum absolute atomic E-state index is 13.0. The van der Waals surface area contributed by atoms with E-state index in [0.717, 1.165) is 98.5 Å². The average Bonchev–Trinajstić information content (AvgIpc) is 4.32. The normalized spacial score (nSPS) is 18.1. The molecule has 8 aromatic rings. The maximum Gasteiger partial charge on any atom is 0.337 e. The van der Waals surface area contributed by atoms with Crippen LogP contribution in [0.2, 0.25) is 0 Å². The van der Waals surface area contributed by atoms with Crippen LogP contribution in [-0.4, -0.2) is 104 Å². The van der Waals surface area contributed by atoms with Crippen molar-refractivity contribution < 1.29 is 42.6 Å². The second-order valence-corrected chi connectivity index (χ2v) is 20.4. The molecule has 1 amide bonds. The smallest absolute Gasteiger partial charge is 0.337 e. The van der Waals surface area contributed by atoms with E-state index in [1.165, 1.54) is 31.2 Å². The quantitative estimate of drug-likeness (QED) is 0.0739. The van der Waals surface area contributed by atoms with Crippen molar-refractivity contribution in [1.29, 1.82) is 0 Å². The number of aromatic nitrogens is 4. The number of fused-ring (bicyclic) bond motifs is 6. The van der Waals surface area contributed by atoms with Gasteiger partial charge in [0.1, 0.15) is 34.3 Å². The van der Waals surface area contributed by atoms with Crippen LogP contribution in [0, 0.1) is 13.8 Å². The van der Waals surface area contributed by atoms with Crippen molar-refractivity contribution in [3.63, 3.8) is 0 Å². The fourth-order valence-corrected chi connectivity index (χ4v) is 10.2. The van der Waals surface area contributed by atoms with E-state index in [9.17, 15) is 19.2 Å². The van der Waals surface area contributed by atoms with Crippen LogP contribution in [0.15, 0.2) is 131 Å². The molecule has 12 rings (SSSR count). The molecule has 0 aliphatic carbocycles. The lowest BCUT2D eigenvalue weighted by atomic mass is 10.0. The number of rotatable bonds is 14. The number of carbonyl (C=O) groups is 4. The standard InChI is InChI=1S/C31H30N4O4.C25H21N3O4.C6H11NO.ClH/c1-19-12-22(28-10-4-21(16-33-28)31(37)35-17-26-8-9-27(18-35)38-26)13-23-14-25(39-30(19)23)7-6-24(36)5-2-20-3-11-29(32)34-15-20;1-15-10-18(22-8-4-17(14-27-22)25(30)31)11-19-12-21(32-24(15)19)7-6-20(29)5-2-16-3-9-23(26)28-13-16;1-2-6-4-7-3-5(1)8-6;/h2-5,10-16,26-27H,6-9,17-18H2,1H3,(H2,32,34);2-5,8-14H,6-7H2,1H3,(H2,26,28)(H,30,31);5-7H,1-4H2;1H/b2*5-2+;;. The minimum absolute atomic E-state index is 0. The molecule has 18 heteroatoms. The number of benzene rings is 2. The monoisotopic (exact) mass is 1100 g/mol. The first-order valence-corrected chi connectivity index (χ1v) is 26.6. The molecule has 0 radical (unpaired) electrons. The number of pyridine rings is 4. The first kappa shape index (κ1) is 56.4. The number of allylic oxidation sites excluding steroid dienone is 2. The SMILES string of the molecule is C1CC2CNCC1O2.Cc1cc(-c2ccc(C(=O)N3CC4CCC(C3)O4)cn2)cc2cc(CCC(=O)/C=C/c3ccc(N)nc3)oc12.Cc1cc(-c2ccc(C(=O)O)cn2)cc2cc(CCC(=O)/C=C/c3ccc(N)nc3)oc12.Cl. The second-order valence-electron chi connectivity index (χ2n) is 20.4. The Kier molecular flexibility index (Phi) is 18.1. The Hall–Kier alpha value is -8.35. The van der Waals surface area contributed by atoms with Crippen LogP contribution in [0.1, 0.15) is 93.0 Å². The fraction of sp³-hybridized carbons (Fsp3) is 0.290. The maximum atomic E-state index is 13.0. The third-order valence-corrected chi connectivity index (χ3v) is 14.4. The molecule has 80 heavy (non-hydrogen) atoms. The highest BCUT2D eigenvalue weighted by atomic mass is 35.5. The highest BCUT2D eigenvalue weighted by molar-refractivity contribution is 5.96. The van der Waals surface area contributed by atoms with E-state index in [1.807, 2.05) is 73.3 Å². The number of carbonyl (C=O) groups excluding carboxylic acids is 3. The number of hydrogen-bond donors (Lipinski definition) is 4. The number of anilines is 2. The van der Waals surface area contributed by atoms with Crippen LogP contribution >= 0.6 is 12.4 Å². The summed E-state index contributed by atoms with van der Waals surface area (Å²) in [7, 11) is 0. The van der Waals surface area contributed by atoms with Crippen molar-refractivity contribution in [3.05, 3.63) is 167 Å². The zero-order valence-electron chi connectivity index (χ0n) is 44.5. The summed E-state index contributed by atoms with van der Waals surface area (Å²) in [6.07, 6.45) is 20.5. The van der Waals surface area contributed by atoms with Crippen molar-refractivity contribution in [2.24, 2.45) is 0 Å². The molecule has 4 unspecified atom stereocenters. The summed E-state index contributed by atoms with van der Waals surface area (Å²) >= 11 is 0. The van der Waals surface area contributed by atoms with Crippen molar-refractivity contribution in [2.45, 2.75) is 89.6 Å². The number of aryl methyl sites for hydroxylation is 4. The molecule has 4 atom stereocenters. The van der Waals surface area contributed by atoms with Crippen LogP contribution in [0.4, 0.5) is 11.6 Å². The number of carboxylic acid groups (broad SMARTS) is 1. The van der Waals surface area contributed by atoms with Gasteiger partial charge in [-0.05, 0) is 171 Å². The number of nitrogens with two attached hydrogens (primary N) is 2. The molecule has 4 aliphatic rings. The highest BCUT2D eigenvalue weighted by Crippen LogP contribution is 2.33. The molecule has 4 bridgehead atoms. The number of nitrogen functional groups attached to an aromatic ring is 2. The van der Waals surface area contributed by atoms with Crippen LogP contribution in [0.5, 0.6) is 0 Å². The Morgan fingerprint density at radius 2 is 1.06 bits per heavy atom. The number of ether oxygens (including phenoxy) is 2. The van der Waals surface area contributed by atoms with Crippen LogP contribution < -0.4 is 16.8 Å². The first-order valence-electron chi connectivity index (χ1n) is 26.6.